The van der Waals surface area contributed by atoms with Crippen LogP contribution in [0.2, 0.25) is 0 Å². The fraction of sp³-hybridized carbons (Fsp3) is 0.429. The van der Waals surface area contributed by atoms with Crippen molar-refractivity contribution in [1.29, 1.82) is 0 Å². The Morgan fingerprint density at radius 1 is 1.52 bits per heavy atom. The van der Waals surface area contributed by atoms with Crippen LogP contribution in [0.5, 0.6) is 0 Å². The Bertz CT molecular complexity index is 519. The number of amides is 2. The average Bonchev–Trinajstić information content (AvgIpc) is 2.96. The zero-order chi connectivity index (χ0) is 15.2. The fourth-order valence-corrected chi connectivity index (χ4v) is 2.20. The normalized spacial score (nSPS) is 17.4. The van der Waals surface area contributed by atoms with E-state index >= 15 is 0 Å². The second kappa shape index (κ2) is 6.83. The Hall–Kier alpha value is -2.44. The Morgan fingerprint density at radius 3 is 2.90 bits per heavy atom. The number of anilines is 1. The molecule has 2 heterocycles. The number of nitrogens with zero attached hydrogens (tertiary/aromatic N) is 4. The number of nitrogens with one attached hydrogen (secondary N) is 1. The topological polar surface area (TPSA) is 78.4 Å². The summed E-state index contributed by atoms with van der Waals surface area (Å²) >= 11 is 0. The summed E-state index contributed by atoms with van der Waals surface area (Å²) in [6.07, 6.45) is 5.38. The molecule has 0 aromatic carbocycles. The highest BCUT2D eigenvalue weighted by atomic mass is 16.2. The van der Waals surface area contributed by atoms with Gasteiger partial charge in [0.15, 0.2) is 0 Å². The predicted molar refractivity (Wildman–Crippen MR) is 78.5 cm³/mol. The highest BCUT2D eigenvalue weighted by Crippen LogP contribution is 2.13. The molecule has 1 aliphatic rings. The van der Waals surface area contributed by atoms with Gasteiger partial charge < -0.3 is 15.1 Å². The van der Waals surface area contributed by atoms with Crippen LogP contribution in [0.3, 0.4) is 0 Å². The number of likely N-dealkylation sites (tertiary alicyclic amines) is 1. The maximum atomic E-state index is 12.1. The molecular formula is C14H19N5O2. The lowest BCUT2D eigenvalue weighted by atomic mass is 10.3. The smallest absolute Gasteiger partial charge is 0.246 e. The third-order valence-corrected chi connectivity index (χ3v) is 3.36. The molecule has 2 amide bonds. The lowest BCUT2D eigenvalue weighted by Gasteiger charge is -2.21. The van der Waals surface area contributed by atoms with Crippen molar-refractivity contribution < 1.29 is 9.59 Å². The molecule has 7 heteroatoms. The second-order valence-electron chi connectivity index (χ2n) is 4.94. The minimum absolute atomic E-state index is 0.0639. The van der Waals surface area contributed by atoms with Crippen LogP contribution in [0.15, 0.2) is 31.1 Å². The van der Waals surface area contributed by atoms with Crippen molar-refractivity contribution in [2.75, 3.05) is 32.0 Å². The highest BCUT2D eigenvalue weighted by molar-refractivity contribution is 5.90. The Morgan fingerprint density at radius 2 is 2.24 bits per heavy atom. The molecule has 21 heavy (non-hydrogen) atoms. The summed E-state index contributed by atoms with van der Waals surface area (Å²) in [5, 5.41) is 3.20. The SMILES string of the molecule is C=CC(=O)N(C)CC(=O)N1CCC(Nc2ncccn2)C1. The van der Waals surface area contributed by atoms with E-state index in [4.69, 9.17) is 0 Å². The third kappa shape index (κ3) is 4.01. The number of hydrogen-bond donors (Lipinski definition) is 1. The molecule has 1 N–H and O–H groups in total. The van der Waals surface area contributed by atoms with E-state index in [9.17, 15) is 9.59 Å². The molecule has 0 radical (unpaired) electrons. The largest absolute Gasteiger partial charge is 0.350 e. The number of hydrogen-bond acceptors (Lipinski definition) is 5. The predicted octanol–water partition coefficient (Wildman–Crippen LogP) is 0.134. The first-order chi connectivity index (χ1) is 10.1. The minimum atomic E-state index is -0.255. The number of likely N-dealkylation sites (N-methyl/N-ethyl adjacent to an activating group) is 1. The van der Waals surface area contributed by atoms with Gasteiger partial charge in [-0.25, -0.2) is 9.97 Å². The van der Waals surface area contributed by atoms with E-state index in [1.165, 1.54) is 11.0 Å². The first-order valence-corrected chi connectivity index (χ1v) is 6.79. The van der Waals surface area contributed by atoms with Crippen LogP contribution in [-0.4, -0.2) is 64.3 Å². The van der Waals surface area contributed by atoms with Crippen LogP contribution in [0.25, 0.3) is 0 Å². The summed E-state index contributed by atoms with van der Waals surface area (Å²) in [7, 11) is 1.59. The number of aromatic nitrogens is 2. The van der Waals surface area contributed by atoms with Gasteiger partial charge in [-0.05, 0) is 18.6 Å². The van der Waals surface area contributed by atoms with E-state index in [1.54, 1.807) is 30.4 Å². The summed E-state index contributed by atoms with van der Waals surface area (Å²) in [5.41, 5.74) is 0. The molecule has 0 spiro atoms. The molecule has 1 atom stereocenters. The molecule has 7 nitrogen and oxygen atoms in total. The first-order valence-electron chi connectivity index (χ1n) is 6.79. The van der Waals surface area contributed by atoms with E-state index < -0.39 is 0 Å². The van der Waals surface area contributed by atoms with E-state index in [1.807, 2.05) is 0 Å². The molecule has 1 aromatic rings. The van der Waals surface area contributed by atoms with Gasteiger partial charge in [-0.15, -0.1) is 0 Å². The second-order valence-corrected chi connectivity index (χ2v) is 4.94. The van der Waals surface area contributed by atoms with Crippen LogP contribution < -0.4 is 5.32 Å². The molecule has 1 aliphatic heterocycles. The van der Waals surface area contributed by atoms with Crippen LogP contribution in [-0.2, 0) is 9.59 Å². The maximum absolute atomic E-state index is 12.1. The summed E-state index contributed by atoms with van der Waals surface area (Å²) in [5.74, 6) is 0.247. The van der Waals surface area contributed by atoms with Crippen molar-refractivity contribution in [3.8, 4) is 0 Å². The monoisotopic (exact) mass is 289 g/mol. The van der Waals surface area contributed by atoms with Gasteiger partial charge in [-0.1, -0.05) is 6.58 Å². The Balaban J connectivity index is 1.83. The zero-order valence-electron chi connectivity index (χ0n) is 12.0. The molecule has 112 valence electrons. The van der Waals surface area contributed by atoms with Crippen LogP contribution in [0.4, 0.5) is 5.95 Å². The zero-order valence-corrected chi connectivity index (χ0v) is 12.0. The van der Waals surface area contributed by atoms with Gasteiger partial charge >= 0.3 is 0 Å². The lowest BCUT2D eigenvalue weighted by Crippen LogP contribution is -2.40. The van der Waals surface area contributed by atoms with Gasteiger partial charge in [-0.3, -0.25) is 9.59 Å². The summed E-state index contributed by atoms with van der Waals surface area (Å²) in [6, 6.07) is 1.89. The van der Waals surface area contributed by atoms with E-state index in [-0.39, 0.29) is 24.4 Å². The molecule has 0 aliphatic carbocycles. The highest BCUT2D eigenvalue weighted by Gasteiger charge is 2.27. The van der Waals surface area contributed by atoms with E-state index in [0.717, 1.165) is 6.42 Å². The molecule has 1 fully saturated rings. The van der Waals surface area contributed by atoms with Gasteiger partial charge in [-0.2, -0.15) is 0 Å². The van der Waals surface area contributed by atoms with Crippen molar-refractivity contribution in [2.24, 2.45) is 0 Å². The number of rotatable bonds is 5. The molecule has 1 saturated heterocycles. The first kappa shape index (κ1) is 15.0. The van der Waals surface area contributed by atoms with E-state index in [2.05, 4.69) is 21.9 Å². The van der Waals surface area contributed by atoms with Gasteiger partial charge in [0.1, 0.15) is 0 Å². The average molecular weight is 289 g/mol. The van der Waals surface area contributed by atoms with E-state index in [0.29, 0.717) is 19.0 Å². The standard InChI is InChI=1S/C14H19N5O2/c1-3-12(20)18(2)10-13(21)19-8-5-11(9-19)17-14-15-6-4-7-16-14/h3-4,6-7,11H,1,5,8-10H2,2H3,(H,15,16,17). The Kier molecular flexibility index (Phi) is 4.86. The summed E-state index contributed by atoms with van der Waals surface area (Å²) in [6.45, 7) is 4.73. The van der Waals surface area contributed by atoms with Gasteiger partial charge in [0.25, 0.3) is 0 Å². The van der Waals surface area contributed by atoms with Crippen molar-refractivity contribution in [2.45, 2.75) is 12.5 Å². The quantitative estimate of drug-likeness (QED) is 0.780. The molecule has 2 rings (SSSR count). The third-order valence-electron chi connectivity index (χ3n) is 3.36. The maximum Gasteiger partial charge on any atom is 0.246 e. The number of carbonyl (C=O) groups is 2. The lowest BCUT2D eigenvalue weighted by molar-refractivity contribution is -0.136. The summed E-state index contributed by atoms with van der Waals surface area (Å²) < 4.78 is 0. The van der Waals surface area contributed by atoms with Crippen molar-refractivity contribution in [3.05, 3.63) is 31.1 Å². The Labute approximate surface area is 123 Å². The molecule has 0 saturated carbocycles. The minimum Gasteiger partial charge on any atom is -0.350 e. The fourth-order valence-electron chi connectivity index (χ4n) is 2.20. The molecule has 1 unspecified atom stereocenters. The van der Waals surface area contributed by atoms with Crippen molar-refractivity contribution >= 4 is 17.8 Å². The van der Waals surface area contributed by atoms with Crippen LogP contribution in [0.1, 0.15) is 6.42 Å². The summed E-state index contributed by atoms with van der Waals surface area (Å²) in [4.78, 5) is 34.8. The molecule has 1 aromatic heterocycles. The molecular weight excluding hydrogens is 270 g/mol. The van der Waals surface area contributed by atoms with Crippen molar-refractivity contribution in [1.82, 2.24) is 19.8 Å². The van der Waals surface area contributed by atoms with Crippen LogP contribution >= 0.6 is 0 Å². The van der Waals surface area contributed by atoms with Gasteiger partial charge in [0.2, 0.25) is 17.8 Å². The van der Waals surface area contributed by atoms with Crippen LogP contribution in [0, 0.1) is 0 Å². The number of carbonyl (C=O) groups excluding carboxylic acids is 2. The van der Waals surface area contributed by atoms with Gasteiger partial charge in [0.05, 0.1) is 6.54 Å². The van der Waals surface area contributed by atoms with Crippen molar-refractivity contribution in [3.63, 3.8) is 0 Å². The van der Waals surface area contributed by atoms with Gasteiger partial charge in [0, 0.05) is 38.6 Å². The molecule has 0 bridgehead atoms.